The molecular formula is C13H14ClFN2O3. The number of amides is 2. The average molecular weight is 301 g/mol. The van der Waals surface area contributed by atoms with E-state index >= 15 is 0 Å². The Morgan fingerprint density at radius 1 is 1.50 bits per heavy atom. The van der Waals surface area contributed by atoms with E-state index in [-0.39, 0.29) is 22.8 Å². The zero-order chi connectivity index (χ0) is 14.9. The second-order valence-electron chi connectivity index (χ2n) is 4.73. The largest absolute Gasteiger partial charge is 0.481 e. The van der Waals surface area contributed by atoms with Gasteiger partial charge in [0.1, 0.15) is 5.82 Å². The van der Waals surface area contributed by atoms with Crippen LogP contribution < -0.4 is 5.32 Å². The number of hydrogen-bond acceptors (Lipinski definition) is 2. The second kappa shape index (κ2) is 5.66. The van der Waals surface area contributed by atoms with Gasteiger partial charge in [-0.15, -0.1) is 0 Å². The fourth-order valence-corrected chi connectivity index (χ4v) is 2.39. The molecule has 1 heterocycles. The fraction of sp³-hybridized carbons (Fsp3) is 0.385. The molecule has 1 aliphatic heterocycles. The molecule has 0 saturated carbocycles. The molecule has 20 heavy (non-hydrogen) atoms. The fourth-order valence-electron chi connectivity index (χ4n) is 2.14. The number of halogens is 2. The van der Waals surface area contributed by atoms with E-state index in [9.17, 15) is 14.0 Å². The van der Waals surface area contributed by atoms with Crippen molar-refractivity contribution < 1.29 is 19.1 Å². The normalized spacial score (nSPS) is 18.1. The summed E-state index contributed by atoms with van der Waals surface area (Å²) in [4.78, 5) is 24.3. The lowest BCUT2D eigenvalue weighted by Gasteiger charge is -2.18. The van der Waals surface area contributed by atoms with Gasteiger partial charge in [0.05, 0.1) is 16.6 Å². The Kier molecular flexibility index (Phi) is 4.13. The van der Waals surface area contributed by atoms with Crippen molar-refractivity contribution in [3.63, 3.8) is 0 Å². The molecule has 1 aromatic rings. The third kappa shape index (κ3) is 2.85. The minimum Gasteiger partial charge on any atom is -0.481 e. The number of anilines is 1. The number of carboxylic acids is 1. The lowest BCUT2D eigenvalue weighted by Crippen LogP contribution is -2.34. The molecule has 1 aliphatic rings. The Morgan fingerprint density at radius 3 is 2.80 bits per heavy atom. The van der Waals surface area contributed by atoms with Crippen LogP contribution in [-0.2, 0) is 4.79 Å². The summed E-state index contributed by atoms with van der Waals surface area (Å²) in [5.41, 5.74) is 0.468. The number of aliphatic carboxylic acids is 1. The van der Waals surface area contributed by atoms with Gasteiger partial charge in [0, 0.05) is 18.7 Å². The van der Waals surface area contributed by atoms with Crippen LogP contribution in [0.1, 0.15) is 12.0 Å². The molecule has 5 nitrogen and oxygen atoms in total. The molecule has 1 unspecified atom stereocenters. The lowest BCUT2D eigenvalue weighted by atomic mass is 10.1. The van der Waals surface area contributed by atoms with Gasteiger partial charge in [-0.3, -0.25) is 4.79 Å². The Hall–Kier alpha value is -1.82. The van der Waals surface area contributed by atoms with Crippen LogP contribution in [-0.4, -0.2) is 35.1 Å². The SMILES string of the molecule is Cc1c(F)ccc(Cl)c1NC(=O)N1CCC(C(=O)O)C1. The van der Waals surface area contributed by atoms with Crippen molar-refractivity contribution in [1.29, 1.82) is 0 Å². The molecule has 1 saturated heterocycles. The molecule has 0 bridgehead atoms. The quantitative estimate of drug-likeness (QED) is 0.882. The monoisotopic (exact) mass is 300 g/mol. The predicted molar refractivity (Wildman–Crippen MR) is 72.5 cm³/mol. The smallest absolute Gasteiger partial charge is 0.321 e. The first-order valence-corrected chi connectivity index (χ1v) is 6.51. The Labute approximate surface area is 120 Å². The van der Waals surface area contributed by atoms with E-state index in [1.807, 2.05) is 0 Å². The van der Waals surface area contributed by atoms with Crippen LogP contribution in [0.15, 0.2) is 12.1 Å². The molecular weight excluding hydrogens is 287 g/mol. The van der Waals surface area contributed by atoms with E-state index in [1.165, 1.54) is 24.0 Å². The van der Waals surface area contributed by atoms with Gasteiger partial charge >= 0.3 is 12.0 Å². The maximum absolute atomic E-state index is 13.5. The average Bonchev–Trinajstić information content (AvgIpc) is 2.89. The number of carbonyl (C=O) groups is 2. The summed E-state index contributed by atoms with van der Waals surface area (Å²) in [6.45, 7) is 2.02. The molecule has 0 aromatic heterocycles. The molecule has 1 aromatic carbocycles. The highest BCUT2D eigenvalue weighted by Gasteiger charge is 2.31. The topological polar surface area (TPSA) is 69.6 Å². The number of benzene rings is 1. The van der Waals surface area contributed by atoms with Crippen LogP contribution in [0, 0.1) is 18.7 Å². The molecule has 0 radical (unpaired) electrons. The van der Waals surface area contributed by atoms with Gasteiger partial charge in [-0.05, 0) is 25.5 Å². The number of carboxylic acid groups (broad SMARTS) is 1. The van der Waals surface area contributed by atoms with Crippen LogP contribution in [0.5, 0.6) is 0 Å². The standard InChI is InChI=1S/C13H14ClFN2O3/c1-7-10(15)3-2-9(14)11(7)16-13(20)17-5-4-8(6-17)12(18)19/h2-3,8H,4-6H2,1H3,(H,16,20)(H,18,19). The molecule has 2 rings (SSSR count). The third-order valence-corrected chi connectivity index (χ3v) is 3.72. The van der Waals surface area contributed by atoms with Gasteiger partial charge in [-0.2, -0.15) is 0 Å². The molecule has 0 aliphatic carbocycles. The van der Waals surface area contributed by atoms with E-state index in [2.05, 4.69) is 5.32 Å². The van der Waals surface area contributed by atoms with Crippen LogP contribution >= 0.6 is 11.6 Å². The summed E-state index contributed by atoms with van der Waals surface area (Å²) in [5.74, 6) is -1.93. The Balaban J connectivity index is 2.10. The summed E-state index contributed by atoms with van der Waals surface area (Å²) in [5, 5.41) is 11.7. The van der Waals surface area contributed by atoms with Gasteiger partial charge < -0.3 is 15.3 Å². The number of hydrogen-bond donors (Lipinski definition) is 2. The highest BCUT2D eigenvalue weighted by molar-refractivity contribution is 6.33. The highest BCUT2D eigenvalue weighted by Crippen LogP contribution is 2.28. The molecule has 108 valence electrons. The van der Waals surface area contributed by atoms with E-state index in [1.54, 1.807) is 0 Å². The second-order valence-corrected chi connectivity index (χ2v) is 5.14. The summed E-state index contributed by atoms with van der Waals surface area (Å²) in [6, 6.07) is 2.12. The van der Waals surface area contributed by atoms with Crippen molar-refractivity contribution in [2.45, 2.75) is 13.3 Å². The predicted octanol–water partition coefficient (Wildman–Crippen LogP) is 2.73. The molecule has 1 atom stereocenters. The van der Waals surface area contributed by atoms with Gasteiger partial charge in [0.25, 0.3) is 0 Å². The first-order valence-electron chi connectivity index (χ1n) is 6.13. The van der Waals surface area contributed by atoms with Gasteiger partial charge in [0.2, 0.25) is 0 Å². The Bertz CT molecular complexity index is 565. The summed E-state index contributed by atoms with van der Waals surface area (Å²) in [7, 11) is 0. The minimum atomic E-state index is -0.916. The zero-order valence-electron chi connectivity index (χ0n) is 10.8. The zero-order valence-corrected chi connectivity index (χ0v) is 11.6. The maximum Gasteiger partial charge on any atom is 0.321 e. The summed E-state index contributed by atoms with van der Waals surface area (Å²) >= 11 is 5.94. The van der Waals surface area contributed by atoms with Crippen molar-refractivity contribution in [2.75, 3.05) is 18.4 Å². The molecule has 2 N–H and O–H groups in total. The molecule has 2 amide bonds. The van der Waals surface area contributed by atoms with Crippen molar-refractivity contribution in [1.82, 2.24) is 4.90 Å². The van der Waals surface area contributed by atoms with E-state index in [0.29, 0.717) is 13.0 Å². The molecule has 7 heteroatoms. The number of likely N-dealkylation sites (tertiary alicyclic amines) is 1. The number of urea groups is 1. The third-order valence-electron chi connectivity index (χ3n) is 3.40. The van der Waals surface area contributed by atoms with E-state index < -0.39 is 23.7 Å². The van der Waals surface area contributed by atoms with Gasteiger partial charge in [-0.25, -0.2) is 9.18 Å². The minimum absolute atomic E-state index is 0.146. The van der Waals surface area contributed by atoms with Gasteiger partial charge in [0.15, 0.2) is 0 Å². The van der Waals surface area contributed by atoms with E-state index in [4.69, 9.17) is 16.7 Å². The van der Waals surface area contributed by atoms with Crippen LogP contribution in [0.4, 0.5) is 14.9 Å². The van der Waals surface area contributed by atoms with Crippen molar-refractivity contribution >= 4 is 29.3 Å². The summed E-state index contributed by atoms with van der Waals surface area (Å²) in [6.07, 6.45) is 0.415. The van der Waals surface area contributed by atoms with Crippen molar-refractivity contribution in [3.8, 4) is 0 Å². The summed E-state index contributed by atoms with van der Waals surface area (Å²) < 4.78 is 13.5. The number of nitrogens with zero attached hydrogens (tertiary/aromatic N) is 1. The highest BCUT2D eigenvalue weighted by atomic mass is 35.5. The van der Waals surface area contributed by atoms with Crippen molar-refractivity contribution in [2.24, 2.45) is 5.92 Å². The van der Waals surface area contributed by atoms with Crippen LogP contribution in [0.25, 0.3) is 0 Å². The van der Waals surface area contributed by atoms with E-state index in [0.717, 1.165) is 0 Å². The maximum atomic E-state index is 13.5. The first-order chi connectivity index (χ1) is 9.40. The molecule has 1 fully saturated rings. The molecule has 0 spiro atoms. The Morgan fingerprint density at radius 2 is 2.20 bits per heavy atom. The van der Waals surface area contributed by atoms with Crippen LogP contribution in [0.2, 0.25) is 5.02 Å². The van der Waals surface area contributed by atoms with Crippen molar-refractivity contribution in [3.05, 3.63) is 28.5 Å². The van der Waals surface area contributed by atoms with Crippen LogP contribution in [0.3, 0.4) is 0 Å². The number of nitrogens with one attached hydrogen (secondary N) is 1. The number of carbonyl (C=O) groups excluding carboxylic acids is 1. The van der Waals surface area contributed by atoms with Gasteiger partial charge in [-0.1, -0.05) is 11.6 Å². The lowest BCUT2D eigenvalue weighted by molar-refractivity contribution is -0.141. The number of rotatable bonds is 2. The first kappa shape index (κ1) is 14.6.